The number of hydrogen-bond acceptors (Lipinski definition) is 6. The Morgan fingerprint density at radius 3 is 2.71 bits per heavy atom. The SMILES string of the molecule is COc1ccc2c(N/N=C/c3ccc([N+](=O)[O-])cc3)ccnc2c1. The molecule has 7 nitrogen and oxygen atoms in total. The summed E-state index contributed by atoms with van der Waals surface area (Å²) >= 11 is 0. The van der Waals surface area contributed by atoms with Gasteiger partial charge in [0.25, 0.3) is 5.69 Å². The van der Waals surface area contributed by atoms with E-state index < -0.39 is 4.92 Å². The van der Waals surface area contributed by atoms with Gasteiger partial charge in [0, 0.05) is 29.8 Å². The number of hydrogen-bond donors (Lipinski definition) is 1. The van der Waals surface area contributed by atoms with Crippen molar-refractivity contribution in [1.82, 2.24) is 4.98 Å². The minimum atomic E-state index is -0.434. The maximum absolute atomic E-state index is 10.6. The summed E-state index contributed by atoms with van der Waals surface area (Å²) in [5.74, 6) is 0.738. The van der Waals surface area contributed by atoms with E-state index in [0.29, 0.717) is 0 Å². The number of pyridine rings is 1. The van der Waals surface area contributed by atoms with Crippen LogP contribution in [0.1, 0.15) is 5.56 Å². The van der Waals surface area contributed by atoms with Gasteiger partial charge in [-0.15, -0.1) is 0 Å². The Morgan fingerprint density at radius 1 is 1.21 bits per heavy atom. The Hall–Kier alpha value is -3.48. The highest BCUT2D eigenvalue weighted by atomic mass is 16.6. The summed E-state index contributed by atoms with van der Waals surface area (Å²) in [7, 11) is 1.61. The molecule has 3 aromatic rings. The fourth-order valence-electron chi connectivity index (χ4n) is 2.21. The highest BCUT2D eigenvalue weighted by Gasteiger charge is 2.04. The molecule has 1 N–H and O–H groups in total. The molecule has 0 aliphatic rings. The Kier molecular flexibility index (Phi) is 4.33. The van der Waals surface area contributed by atoms with Crippen LogP contribution in [0.4, 0.5) is 11.4 Å². The van der Waals surface area contributed by atoms with Crippen LogP contribution in [0.15, 0.2) is 59.8 Å². The molecule has 0 aliphatic carbocycles. The summed E-state index contributed by atoms with van der Waals surface area (Å²) in [5.41, 5.74) is 5.38. The molecule has 0 spiro atoms. The van der Waals surface area contributed by atoms with Crippen molar-refractivity contribution < 1.29 is 9.66 Å². The monoisotopic (exact) mass is 322 g/mol. The molecule has 120 valence electrons. The summed E-state index contributed by atoms with van der Waals surface area (Å²) in [6.07, 6.45) is 3.28. The summed E-state index contributed by atoms with van der Waals surface area (Å²) in [4.78, 5) is 14.5. The molecule has 3 rings (SSSR count). The third-order valence-electron chi connectivity index (χ3n) is 3.45. The lowest BCUT2D eigenvalue weighted by Gasteiger charge is -2.06. The van der Waals surface area contributed by atoms with Crippen molar-refractivity contribution in [2.75, 3.05) is 12.5 Å². The Balaban J connectivity index is 1.78. The van der Waals surface area contributed by atoms with Crippen LogP contribution in [0.5, 0.6) is 5.75 Å². The van der Waals surface area contributed by atoms with Gasteiger partial charge in [-0.1, -0.05) is 0 Å². The number of rotatable bonds is 5. The first-order chi connectivity index (χ1) is 11.7. The van der Waals surface area contributed by atoms with Crippen molar-refractivity contribution in [2.45, 2.75) is 0 Å². The minimum absolute atomic E-state index is 0.0502. The molecule has 0 fully saturated rings. The normalized spacial score (nSPS) is 10.9. The molecule has 7 heteroatoms. The molecule has 0 saturated carbocycles. The lowest BCUT2D eigenvalue weighted by molar-refractivity contribution is -0.384. The van der Waals surface area contributed by atoms with Gasteiger partial charge in [-0.25, -0.2) is 0 Å². The molecule has 1 heterocycles. The van der Waals surface area contributed by atoms with E-state index in [-0.39, 0.29) is 5.69 Å². The van der Waals surface area contributed by atoms with Gasteiger partial charge in [0.15, 0.2) is 0 Å². The lowest BCUT2D eigenvalue weighted by atomic mass is 10.2. The zero-order valence-electron chi connectivity index (χ0n) is 12.8. The van der Waals surface area contributed by atoms with Crippen LogP contribution in [0.3, 0.4) is 0 Å². The summed E-state index contributed by atoms with van der Waals surface area (Å²) < 4.78 is 5.19. The van der Waals surface area contributed by atoms with Gasteiger partial charge < -0.3 is 4.74 Å². The zero-order chi connectivity index (χ0) is 16.9. The van der Waals surface area contributed by atoms with E-state index in [4.69, 9.17) is 4.74 Å². The van der Waals surface area contributed by atoms with Gasteiger partial charge in [0.2, 0.25) is 0 Å². The molecule has 0 bridgehead atoms. The number of methoxy groups -OCH3 is 1. The molecule has 0 saturated heterocycles. The maximum atomic E-state index is 10.6. The van der Waals surface area contributed by atoms with E-state index in [1.54, 1.807) is 31.7 Å². The summed E-state index contributed by atoms with van der Waals surface area (Å²) in [6.45, 7) is 0. The van der Waals surface area contributed by atoms with Crippen molar-refractivity contribution >= 4 is 28.5 Å². The van der Waals surface area contributed by atoms with E-state index >= 15 is 0 Å². The van der Waals surface area contributed by atoms with Crippen LogP contribution in [-0.2, 0) is 0 Å². The predicted octanol–water partition coefficient (Wildman–Crippen LogP) is 3.60. The zero-order valence-corrected chi connectivity index (χ0v) is 12.8. The Bertz CT molecular complexity index is 907. The number of nitrogens with one attached hydrogen (secondary N) is 1. The summed E-state index contributed by atoms with van der Waals surface area (Å²) in [5, 5.41) is 15.7. The van der Waals surface area contributed by atoms with Crippen molar-refractivity contribution in [3.63, 3.8) is 0 Å². The topological polar surface area (TPSA) is 89.6 Å². The second-order valence-corrected chi connectivity index (χ2v) is 4.96. The quantitative estimate of drug-likeness (QED) is 0.440. The molecule has 24 heavy (non-hydrogen) atoms. The number of nitrogens with zero attached hydrogens (tertiary/aromatic N) is 3. The fraction of sp³-hybridized carbons (Fsp3) is 0.0588. The van der Waals surface area contributed by atoms with E-state index in [2.05, 4.69) is 15.5 Å². The Morgan fingerprint density at radius 2 is 2.00 bits per heavy atom. The Labute approximate surface area is 137 Å². The molecule has 0 radical (unpaired) electrons. The number of benzene rings is 2. The molecule has 0 aliphatic heterocycles. The van der Waals surface area contributed by atoms with Gasteiger partial charge in [0.1, 0.15) is 5.75 Å². The maximum Gasteiger partial charge on any atom is 0.269 e. The number of non-ortho nitro benzene ring substituents is 1. The third kappa shape index (κ3) is 3.30. The smallest absolute Gasteiger partial charge is 0.269 e. The molecular weight excluding hydrogens is 308 g/mol. The first kappa shape index (κ1) is 15.4. The third-order valence-corrected chi connectivity index (χ3v) is 3.45. The molecule has 0 atom stereocenters. The first-order valence-electron chi connectivity index (χ1n) is 7.13. The number of fused-ring (bicyclic) bond motifs is 1. The van der Waals surface area contributed by atoms with Crippen molar-refractivity contribution in [2.24, 2.45) is 5.10 Å². The van der Waals surface area contributed by atoms with Gasteiger partial charge >= 0.3 is 0 Å². The van der Waals surface area contributed by atoms with Gasteiger partial charge in [-0.05, 0) is 35.9 Å². The van der Waals surface area contributed by atoms with Crippen LogP contribution in [0, 0.1) is 10.1 Å². The van der Waals surface area contributed by atoms with E-state index in [9.17, 15) is 10.1 Å². The van der Waals surface area contributed by atoms with E-state index in [0.717, 1.165) is 27.9 Å². The van der Waals surface area contributed by atoms with Crippen LogP contribution < -0.4 is 10.2 Å². The number of aromatic nitrogens is 1. The first-order valence-corrected chi connectivity index (χ1v) is 7.13. The fourth-order valence-corrected chi connectivity index (χ4v) is 2.21. The minimum Gasteiger partial charge on any atom is -0.497 e. The van der Waals surface area contributed by atoms with Crippen molar-refractivity contribution in [3.05, 3.63) is 70.4 Å². The standard InChI is InChI=1S/C17H14N4O3/c1-24-14-6-7-15-16(8-9-18-17(15)10-14)20-19-11-12-2-4-13(5-3-12)21(22)23/h2-11H,1H3,(H,18,20)/b19-11+. The van der Waals surface area contributed by atoms with Gasteiger partial charge in [-0.2, -0.15) is 5.10 Å². The largest absolute Gasteiger partial charge is 0.497 e. The molecular formula is C17H14N4O3. The number of hydrazone groups is 1. The highest BCUT2D eigenvalue weighted by Crippen LogP contribution is 2.25. The molecule has 1 aromatic heterocycles. The predicted molar refractivity (Wildman–Crippen MR) is 92.6 cm³/mol. The summed E-state index contributed by atoms with van der Waals surface area (Å²) in [6, 6.07) is 13.6. The van der Waals surface area contributed by atoms with Gasteiger partial charge in [0.05, 0.1) is 29.5 Å². The van der Waals surface area contributed by atoms with E-state index in [1.165, 1.54) is 12.1 Å². The van der Waals surface area contributed by atoms with Gasteiger partial charge in [-0.3, -0.25) is 20.5 Å². The van der Waals surface area contributed by atoms with Crippen LogP contribution >= 0.6 is 0 Å². The lowest BCUT2D eigenvalue weighted by Crippen LogP contribution is -1.94. The van der Waals surface area contributed by atoms with Crippen LogP contribution in [-0.4, -0.2) is 23.2 Å². The van der Waals surface area contributed by atoms with E-state index in [1.807, 2.05) is 24.3 Å². The molecule has 0 amide bonds. The second-order valence-electron chi connectivity index (χ2n) is 4.96. The van der Waals surface area contributed by atoms with Crippen molar-refractivity contribution in [1.29, 1.82) is 0 Å². The van der Waals surface area contributed by atoms with Crippen LogP contribution in [0.2, 0.25) is 0 Å². The van der Waals surface area contributed by atoms with Crippen molar-refractivity contribution in [3.8, 4) is 5.75 Å². The number of ether oxygens (including phenoxy) is 1. The molecule has 0 unspecified atom stereocenters. The number of anilines is 1. The number of nitro benzene ring substituents is 1. The second kappa shape index (κ2) is 6.74. The van der Waals surface area contributed by atoms with Crippen LogP contribution in [0.25, 0.3) is 10.9 Å². The molecule has 2 aromatic carbocycles. The average molecular weight is 322 g/mol. The average Bonchev–Trinajstić information content (AvgIpc) is 2.61. The number of nitro groups is 1. The highest BCUT2D eigenvalue weighted by molar-refractivity contribution is 5.92.